The molecule has 2 rings (SSSR count). The Morgan fingerprint density at radius 2 is 1.48 bits per heavy atom. The minimum absolute atomic E-state index is 0.117. The van der Waals surface area contributed by atoms with Crippen molar-refractivity contribution in [3.63, 3.8) is 0 Å². The molecule has 0 radical (unpaired) electrons. The molecule has 0 unspecified atom stereocenters. The van der Waals surface area contributed by atoms with Gasteiger partial charge in [-0.1, -0.05) is 63.2 Å². The first-order valence-electron chi connectivity index (χ1n) is 7.58. The summed E-state index contributed by atoms with van der Waals surface area (Å²) in [4.78, 5) is 12.7. The van der Waals surface area contributed by atoms with Gasteiger partial charge in [0.05, 0.1) is 0 Å². The first-order valence-corrected chi connectivity index (χ1v) is 7.58. The Balaban J connectivity index is 2.37. The van der Waals surface area contributed by atoms with Crippen molar-refractivity contribution in [3.05, 3.63) is 70.3 Å². The van der Waals surface area contributed by atoms with E-state index in [2.05, 4.69) is 32.9 Å². The Morgan fingerprint density at radius 3 is 1.95 bits per heavy atom. The fourth-order valence-electron chi connectivity index (χ4n) is 2.59. The SMILES string of the molecule is CCC(C)(C)c1ccc(C(=O)c2c(C)cccc2C)cc1. The number of hydrogen-bond acceptors (Lipinski definition) is 1. The molecule has 0 amide bonds. The summed E-state index contributed by atoms with van der Waals surface area (Å²) in [6, 6.07) is 14.1. The van der Waals surface area contributed by atoms with Crippen LogP contribution in [0.15, 0.2) is 42.5 Å². The van der Waals surface area contributed by atoms with Crippen LogP contribution < -0.4 is 0 Å². The number of aryl methyl sites for hydroxylation is 2. The van der Waals surface area contributed by atoms with E-state index < -0.39 is 0 Å². The molecule has 0 saturated heterocycles. The molecule has 0 atom stereocenters. The lowest BCUT2D eigenvalue weighted by atomic mass is 9.81. The smallest absolute Gasteiger partial charge is 0.193 e. The van der Waals surface area contributed by atoms with E-state index in [9.17, 15) is 4.79 Å². The van der Waals surface area contributed by atoms with E-state index in [0.717, 1.165) is 28.7 Å². The average Bonchev–Trinajstić information content (AvgIpc) is 2.47. The summed E-state index contributed by atoms with van der Waals surface area (Å²) in [6.07, 6.45) is 1.08. The van der Waals surface area contributed by atoms with Crippen molar-refractivity contribution in [1.29, 1.82) is 0 Å². The zero-order valence-corrected chi connectivity index (χ0v) is 13.7. The lowest BCUT2D eigenvalue weighted by Crippen LogP contribution is -2.15. The minimum atomic E-state index is 0.117. The summed E-state index contributed by atoms with van der Waals surface area (Å²) in [5, 5.41) is 0. The van der Waals surface area contributed by atoms with Gasteiger partial charge in [-0.2, -0.15) is 0 Å². The van der Waals surface area contributed by atoms with Crippen LogP contribution in [0.1, 0.15) is 59.8 Å². The highest BCUT2D eigenvalue weighted by atomic mass is 16.1. The van der Waals surface area contributed by atoms with Gasteiger partial charge in [0, 0.05) is 11.1 Å². The second-order valence-corrected chi connectivity index (χ2v) is 6.41. The molecule has 0 saturated carbocycles. The molecule has 0 N–H and O–H groups in total. The van der Waals surface area contributed by atoms with Crippen LogP contribution >= 0.6 is 0 Å². The van der Waals surface area contributed by atoms with E-state index in [4.69, 9.17) is 0 Å². The molecule has 0 aliphatic carbocycles. The number of hydrogen-bond donors (Lipinski definition) is 0. The standard InChI is InChI=1S/C20H24O/c1-6-20(4,5)17-12-10-16(11-13-17)19(21)18-14(2)8-7-9-15(18)3/h7-13H,6H2,1-5H3. The molecule has 0 aliphatic rings. The average molecular weight is 280 g/mol. The fraction of sp³-hybridized carbons (Fsp3) is 0.350. The number of rotatable bonds is 4. The van der Waals surface area contributed by atoms with Gasteiger partial charge in [-0.05, 0) is 42.4 Å². The van der Waals surface area contributed by atoms with Crippen LogP contribution in [0.4, 0.5) is 0 Å². The van der Waals surface area contributed by atoms with E-state index in [0.29, 0.717) is 0 Å². The highest BCUT2D eigenvalue weighted by Gasteiger charge is 2.19. The molecule has 1 heteroatoms. The Morgan fingerprint density at radius 1 is 0.952 bits per heavy atom. The molecule has 0 heterocycles. The van der Waals surface area contributed by atoms with Crippen LogP contribution in [0.5, 0.6) is 0 Å². The van der Waals surface area contributed by atoms with Gasteiger partial charge < -0.3 is 0 Å². The normalized spacial score (nSPS) is 11.5. The zero-order chi connectivity index (χ0) is 15.6. The lowest BCUT2D eigenvalue weighted by Gasteiger charge is -2.23. The monoisotopic (exact) mass is 280 g/mol. The highest BCUT2D eigenvalue weighted by molar-refractivity contribution is 6.10. The van der Waals surface area contributed by atoms with Gasteiger partial charge in [-0.25, -0.2) is 0 Å². The molecule has 2 aromatic rings. The maximum atomic E-state index is 12.7. The summed E-state index contributed by atoms with van der Waals surface area (Å²) in [5.74, 6) is 0.117. The van der Waals surface area contributed by atoms with Gasteiger partial charge >= 0.3 is 0 Å². The van der Waals surface area contributed by atoms with Gasteiger partial charge in [0.2, 0.25) is 0 Å². The van der Waals surface area contributed by atoms with Gasteiger partial charge in [0.25, 0.3) is 0 Å². The summed E-state index contributed by atoms with van der Waals surface area (Å²) in [5.41, 5.74) is 5.11. The maximum Gasteiger partial charge on any atom is 0.193 e. The van der Waals surface area contributed by atoms with E-state index in [1.807, 2.05) is 44.2 Å². The molecule has 0 fully saturated rings. The van der Waals surface area contributed by atoms with E-state index in [1.165, 1.54) is 5.56 Å². The summed E-state index contributed by atoms with van der Waals surface area (Å²) < 4.78 is 0. The second kappa shape index (κ2) is 5.85. The Bertz CT molecular complexity index is 628. The van der Waals surface area contributed by atoms with Crippen molar-refractivity contribution in [3.8, 4) is 0 Å². The molecule has 110 valence electrons. The third-order valence-electron chi connectivity index (χ3n) is 4.52. The Labute approximate surface area is 128 Å². The molecule has 2 aromatic carbocycles. The van der Waals surface area contributed by atoms with E-state index in [-0.39, 0.29) is 11.2 Å². The van der Waals surface area contributed by atoms with Crippen LogP contribution in [0.2, 0.25) is 0 Å². The topological polar surface area (TPSA) is 17.1 Å². The van der Waals surface area contributed by atoms with Crippen molar-refractivity contribution in [2.24, 2.45) is 0 Å². The van der Waals surface area contributed by atoms with Crippen LogP contribution in [0.25, 0.3) is 0 Å². The van der Waals surface area contributed by atoms with Crippen molar-refractivity contribution in [2.45, 2.75) is 46.5 Å². The summed E-state index contributed by atoms with van der Waals surface area (Å²) in [6.45, 7) is 10.6. The van der Waals surface area contributed by atoms with Crippen LogP contribution in [0.3, 0.4) is 0 Å². The summed E-state index contributed by atoms with van der Waals surface area (Å²) >= 11 is 0. The predicted octanol–water partition coefficient (Wildman–Crippen LogP) is 5.22. The van der Waals surface area contributed by atoms with Crippen molar-refractivity contribution < 1.29 is 4.79 Å². The summed E-state index contributed by atoms with van der Waals surface area (Å²) in [7, 11) is 0. The quantitative estimate of drug-likeness (QED) is 0.701. The van der Waals surface area contributed by atoms with Crippen LogP contribution in [0, 0.1) is 13.8 Å². The molecule has 0 aliphatic heterocycles. The van der Waals surface area contributed by atoms with Gasteiger partial charge in [0.1, 0.15) is 0 Å². The second-order valence-electron chi connectivity index (χ2n) is 6.41. The molecular weight excluding hydrogens is 256 g/mol. The van der Waals surface area contributed by atoms with E-state index in [1.54, 1.807) is 0 Å². The largest absolute Gasteiger partial charge is 0.289 e. The lowest BCUT2D eigenvalue weighted by molar-refractivity contribution is 0.103. The molecule has 1 nitrogen and oxygen atoms in total. The predicted molar refractivity (Wildman–Crippen MR) is 89.1 cm³/mol. The number of carbonyl (C=O) groups excluding carboxylic acids is 1. The van der Waals surface area contributed by atoms with Gasteiger partial charge in [0.15, 0.2) is 5.78 Å². The first-order chi connectivity index (χ1) is 9.86. The Hall–Kier alpha value is -1.89. The van der Waals surface area contributed by atoms with E-state index >= 15 is 0 Å². The van der Waals surface area contributed by atoms with Crippen molar-refractivity contribution in [1.82, 2.24) is 0 Å². The van der Waals surface area contributed by atoms with Gasteiger partial charge in [-0.15, -0.1) is 0 Å². The maximum absolute atomic E-state index is 12.7. The van der Waals surface area contributed by atoms with Gasteiger partial charge in [-0.3, -0.25) is 4.79 Å². The molecule has 0 bridgehead atoms. The third-order valence-corrected chi connectivity index (χ3v) is 4.52. The van der Waals surface area contributed by atoms with Crippen LogP contribution in [-0.4, -0.2) is 5.78 Å². The number of carbonyl (C=O) groups is 1. The third kappa shape index (κ3) is 3.07. The highest BCUT2D eigenvalue weighted by Crippen LogP contribution is 2.27. The molecule has 21 heavy (non-hydrogen) atoms. The number of benzene rings is 2. The zero-order valence-electron chi connectivity index (χ0n) is 13.7. The molecular formula is C20H24O. The molecule has 0 aromatic heterocycles. The van der Waals surface area contributed by atoms with Crippen LogP contribution in [-0.2, 0) is 5.41 Å². The minimum Gasteiger partial charge on any atom is -0.289 e. The number of ketones is 1. The Kier molecular flexibility index (Phi) is 4.32. The molecule has 0 spiro atoms. The first kappa shape index (κ1) is 15.5. The van der Waals surface area contributed by atoms with Crippen molar-refractivity contribution in [2.75, 3.05) is 0 Å². The fourth-order valence-corrected chi connectivity index (χ4v) is 2.59. The van der Waals surface area contributed by atoms with Crippen molar-refractivity contribution >= 4 is 5.78 Å².